The van der Waals surface area contributed by atoms with Gasteiger partial charge in [0.15, 0.2) is 0 Å². The van der Waals surface area contributed by atoms with Gasteiger partial charge >= 0.3 is 0 Å². The summed E-state index contributed by atoms with van der Waals surface area (Å²) in [6, 6.07) is 8.13. The molecule has 0 spiro atoms. The molecule has 0 saturated heterocycles. The lowest BCUT2D eigenvalue weighted by atomic mass is 10.2. The van der Waals surface area contributed by atoms with Gasteiger partial charge in [-0.1, -0.05) is 26.0 Å². The van der Waals surface area contributed by atoms with E-state index < -0.39 is 0 Å². The summed E-state index contributed by atoms with van der Waals surface area (Å²) >= 11 is 0. The Morgan fingerprint density at radius 1 is 1.24 bits per heavy atom. The zero-order chi connectivity index (χ0) is 18.1. The maximum absolute atomic E-state index is 12.9. The summed E-state index contributed by atoms with van der Waals surface area (Å²) in [5.41, 5.74) is 1.06. The number of halogens is 1. The fourth-order valence-electron chi connectivity index (χ4n) is 2.39. The molecule has 132 valence electrons. The first-order valence-corrected chi connectivity index (χ1v) is 8.47. The quantitative estimate of drug-likeness (QED) is 0.698. The summed E-state index contributed by atoms with van der Waals surface area (Å²) in [6.45, 7) is 8.04. The number of benzene rings is 1. The van der Waals surface area contributed by atoms with Crippen molar-refractivity contribution in [1.29, 1.82) is 5.26 Å². The molecule has 0 unspecified atom stereocenters. The van der Waals surface area contributed by atoms with Gasteiger partial charge < -0.3 is 14.6 Å². The highest BCUT2D eigenvalue weighted by Gasteiger charge is 2.11. The van der Waals surface area contributed by atoms with Crippen LogP contribution in [-0.2, 0) is 0 Å². The van der Waals surface area contributed by atoms with Gasteiger partial charge in [-0.05, 0) is 49.8 Å². The molecule has 0 saturated carbocycles. The Morgan fingerprint density at radius 2 is 1.96 bits per heavy atom. The predicted molar refractivity (Wildman–Crippen MR) is 97.4 cm³/mol. The van der Waals surface area contributed by atoms with Crippen LogP contribution < -0.4 is 5.32 Å². The highest BCUT2D eigenvalue weighted by atomic mass is 19.1. The number of hydrogen-bond donors (Lipinski definition) is 1. The third-order valence-electron chi connectivity index (χ3n) is 3.87. The number of aromatic nitrogens is 1. The van der Waals surface area contributed by atoms with E-state index in [1.165, 1.54) is 12.1 Å². The molecule has 1 aromatic carbocycles. The van der Waals surface area contributed by atoms with Gasteiger partial charge in [0.1, 0.15) is 11.9 Å². The van der Waals surface area contributed by atoms with Gasteiger partial charge in [0.05, 0.1) is 0 Å². The molecular weight excluding hydrogens is 319 g/mol. The van der Waals surface area contributed by atoms with Gasteiger partial charge in [0.2, 0.25) is 17.5 Å². The lowest BCUT2D eigenvalue weighted by Crippen LogP contribution is -2.25. The molecule has 1 heterocycles. The molecule has 0 fully saturated rings. The Hall–Kier alpha value is -2.65. The van der Waals surface area contributed by atoms with Gasteiger partial charge in [-0.25, -0.2) is 4.39 Å². The fraction of sp³-hybridized carbons (Fsp3) is 0.368. The molecule has 0 aliphatic carbocycles. The second kappa shape index (κ2) is 9.60. The van der Waals surface area contributed by atoms with Crippen molar-refractivity contribution in [2.45, 2.75) is 20.3 Å². The number of anilines is 1. The zero-order valence-electron chi connectivity index (χ0n) is 14.6. The number of rotatable bonds is 9. The molecule has 5 nitrogen and oxygen atoms in total. The van der Waals surface area contributed by atoms with Crippen LogP contribution in [0.4, 0.5) is 10.3 Å². The van der Waals surface area contributed by atoms with Crippen LogP contribution in [0.5, 0.6) is 0 Å². The summed E-state index contributed by atoms with van der Waals surface area (Å²) in [7, 11) is 0. The molecule has 2 rings (SSSR count). The minimum absolute atomic E-state index is 0.238. The lowest BCUT2D eigenvalue weighted by Gasteiger charge is -2.17. The standard InChI is InChI=1S/C19H23FN4O/c1-3-24(4-2)13-5-12-22-19-17(14-21)23-18(25-19)11-8-15-6-9-16(20)10-7-15/h6-11,22H,3-5,12-13H2,1-2H3/b11-8+. The zero-order valence-corrected chi connectivity index (χ0v) is 14.6. The Balaban J connectivity index is 1.94. The van der Waals surface area contributed by atoms with Crippen LogP contribution in [0.2, 0.25) is 0 Å². The van der Waals surface area contributed by atoms with E-state index in [1.807, 2.05) is 6.07 Å². The molecule has 0 aliphatic rings. The van der Waals surface area contributed by atoms with Crippen LogP contribution in [0.3, 0.4) is 0 Å². The molecule has 0 amide bonds. The van der Waals surface area contributed by atoms with Crippen molar-refractivity contribution in [2.75, 3.05) is 31.5 Å². The van der Waals surface area contributed by atoms with Crippen LogP contribution in [0.25, 0.3) is 12.2 Å². The molecule has 1 N–H and O–H groups in total. The predicted octanol–water partition coefficient (Wildman–Crippen LogP) is 4.00. The monoisotopic (exact) mass is 342 g/mol. The van der Waals surface area contributed by atoms with E-state index in [9.17, 15) is 9.65 Å². The first-order chi connectivity index (χ1) is 12.2. The second-order valence-electron chi connectivity index (χ2n) is 5.53. The first-order valence-electron chi connectivity index (χ1n) is 8.47. The van der Waals surface area contributed by atoms with Crippen molar-refractivity contribution in [3.8, 4) is 6.07 Å². The highest BCUT2D eigenvalue weighted by Crippen LogP contribution is 2.18. The van der Waals surface area contributed by atoms with Gasteiger partial charge in [-0.3, -0.25) is 0 Å². The van der Waals surface area contributed by atoms with E-state index in [0.717, 1.165) is 31.6 Å². The Bertz CT molecular complexity index is 727. The Kier molecular flexibility index (Phi) is 7.17. The summed E-state index contributed by atoms with van der Waals surface area (Å²) in [4.78, 5) is 6.48. The molecule has 0 radical (unpaired) electrons. The Morgan fingerprint density at radius 3 is 2.60 bits per heavy atom. The summed E-state index contributed by atoms with van der Waals surface area (Å²) in [6.07, 6.45) is 4.37. The molecule has 0 atom stereocenters. The van der Waals surface area contributed by atoms with E-state index in [-0.39, 0.29) is 11.5 Å². The maximum atomic E-state index is 12.9. The van der Waals surface area contributed by atoms with Crippen LogP contribution >= 0.6 is 0 Å². The molecule has 0 bridgehead atoms. The van der Waals surface area contributed by atoms with Crippen LogP contribution in [0.1, 0.15) is 37.4 Å². The minimum Gasteiger partial charge on any atom is -0.420 e. The highest BCUT2D eigenvalue weighted by molar-refractivity contribution is 5.67. The average molecular weight is 342 g/mol. The van der Waals surface area contributed by atoms with Crippen molar-refractivity contribution >= 4 is 18.0 Å². The van der Waals surface area contributed by atoms with E-state index in [0.29, 0.717) is 18.3 Å². The van der Waals surface area contributed by atoms with Gasteiger partial charge in [0.25, 0.3) is 0 Å². The molecule has 1 aromatic heterocycles. The number of nitrogens with zero attached hydrogens (tertiary/aromatic N) is 3. The topological polar surface area (TPSA) is 65.1 Å². The molecule has 2 aromatic rings. The third-order valence-corrected chi connectivity index (χ3v) is 3.87. The largest absolute Gasteiger partial charge is 0.420 e. The Labute approximate surface area is 147 Å². The average Bonchev–Trinajstić information content (AvgIpc) is 3.03. The maximum Gasteiger partial charge on any atom is 0.232 e. The molecule has 25 heavy (non-hydrogen) atoms. The SMILES string of the molecule is CCN(CC)CCCNc1oc(/C=C/c2ccc(F)cc2)nc1C#N. The van der Waals surface area contributed by atoms with Crippen LogP contribution in [0.15, 0.2) is 28.7 Å². The van der Waals surface area contributed by atoms with Crippen molar-refractivity contribution in [1.82, 2.24) is 9.88 Å². The number of oxazole rings is 1. The first kappa shape index (κ1) is 18.7. The van der Waals surface area contributed by atoms with Crippen molar-refractivity contribution in [3.05, 3.63) is 47.2 Å². The minimum atomic E-state index is -0.281. The van der Waals surface area contributed by atoms with Crippen LogP contribution in [0, 0.1) is 17.1 Å². The third kappa shape index (κ3) is 5.73. The summed E-state index contributed by atoms with van der Waals surface area (Å²) in [5, 5.41) is 12.3. The second-order valence-corrected chi connectivity index (χ2v) is 5.53. The van der Waals surface area contributed by atoms with E-state index in [2.05, 4.69) is 29.0 Å². The van der Waals surface area contributed by atoms with Crippen molar-refractivity contribution in [2.24, 2.45) is 0 Å². The van der Waals surface area contributed by atoms with Gasteiger partial charge in [-0.2, -0.15) is 10.2 Å². The number of nitriles is 1. The van der Waals surface area contributed by atoms with Crippen molar-refractivity contribution in [3.63, 3.8) is 0 Å². The number of nitrogens with one attached hydrogen (secondary N) is 1. The van der Waals surface area contributed by atoms with Crippen molar-refractivity contribution < 1.29 is 8.81 Å². The fourth-order valence-corrected chi connectivity index (χ4v) is 2.39. The molecular formula is C19H23FN4O. The van der Waals surface area contributed by atoms with Gasteiger partial charge in [-0.15, -0.1) is 0 Å². The lowest BCUT2D eigenvalue weighted by molar-refractivity contribution is 0.302. The summed E-state index contributed by atoms with van der Waals surface area (Å²) in [5.74, 6) is 0.448. The molecule has 6 heteroatoms. The molecule has 0 aliphatic heterocycles. The number of hydrogen-bond acceptors (Lipinski definition) is 5. The van der Waals surface area contributed by atoms with E-state index in [1.54, 1.807) is 24.3 Å². The normalized spacial score (nSPS) is 11.2. The smallest absolute Gasteiger partial charge is 0.232 e. The van der Waals surface area contributed by atoms with E-state index in [4.69, 9.17) is 4.42 Å². The van der Waals surface area contributed by atoms with Crippen LogP contribution in [-0.4, -0.2) is 36.1 Å². The van der Waals surface area contributed by atoms with Gasteiger partial charge in [0, 0.05) is 12.6 Å². The summed E-state index contributed by atoms with van der Waals surface area (Å²) < 4.78 is 18.5. The van der Waals surface area contributed by atoms with E-state index >= 15 is 0 Å².